The maximum atomic E-state index is 10.6. The van der Waals surface area contributed by atoms with E-state index in [4.69, 9.17) is 5.26 Å². The second kappa shape index (κ2) is 4.09. The van der Waals surface area contributed by atoms with Gasteiger partial charge in [-0.3, -0.25) is 4.79 Å². The van der Waals surface area contributed by atoms with Crippen LogP contribution in [0.1, 0.15) is 6.92 Å². The van der Waals surface area contributed by atoms with E-state index in [1.165, 1.54) is 18.3 Å². The van der Waals surface area contributed by atoms with Gasteiger partial charge in [-0.2, -0.15) is 5.26 Å². The molecule has 0 saturated carbocycles. The van der Waals surface area contributed by atoms with Gasteiger partial charge in [0.05, 0.1) is 0 Å². The molecule has 0 aliphatic carbocycles. The predicted molar refractivity (Wildman–Crippen MR) is 47.9 cm³/mol. The van der Waals surface area contributed by atoms with Crippen LogP contribution in [-0.4, -0.2) is 10.9 Å². The molecule has 1 heterocycles. The van der Waals surface area contributed by atoms with Gasteiger partial charge in [-0.25, -0.2) is 4.98 Å². The summed E-state index contributed by atoms with van der Waals surface area (Å²) < 4.78 is 0. The van der Waals surface area contributed by atoms with Crippen molar-refractivity contribution in [2.24, 2.45) is 0 Å². The van der Waals surface area contributed by atoms with Crippen molar-refractivity contribution in [3.8, 4) is 5.40 Å². The number of anilines is 1. The van der Waals surface area contributed by atoms with Crippen molar-refractivity contribution in [3.63, 3.8) is 0 Å². The molecule has 0 radical (unpaired) electrons. The average Bonchev–Trinajstić information content (AvgIpc) is 2.36. The standard InChI is InChI=1S/C6H5N3OS2/c1-4(10)8-6-9-5(2-11-6)12-3-7/h2H,1H3,(H,8,9,10). The number of thiocyanates is 1. The van der Waals surface area contributed by atoms with Gasteiger partial charge >= 0.3 is 0 Å². The maximum absolute atomic E-state index is 10.6. The molecule has 0 aliphatic heterocycles. The van der Waals surface area contributed by atoms with Gasteiger partial charge in [-0.1, -0.05) is 0 Å². The van der Waals surface area contributed by atoms with Gasteiger partial charge in [0.1, 0.15) is 10.4 Å². The van der Waals surface area contributed by atoms with Crippen molar-refractivity contribution >= 4 is 34.1 Å². The highest BCUT2D eigenvalue weighted by atomic mass is 32.2. The molecule has 1 aromatic heterocycles. The molecule has 0 spiro atoms. The Bertz CT molecular complexity index is 328. The third-order valence-corrected chi connectivity index (χ3v) is 2.33. The zero-order chi connectivity index (χ0) is 8.97. The van der Waals surface area contributed by atoms with Crippen LogP contribution in [0.25, 0.3) is 0 Å². The van der Waals surface area contributed by atoms with Crippen molar-refractivity contribution in [3.05, 3.63) is 5.38 Å². The monoisotopic (exact) mass is 199 g/mol. The van der Waals surface area contributed by atoms with E-state index in [-0.39, 0.29) is 5.91 Å². The number of hydrogen-bond donors (Lipinski definition) is 1. The van der Waals surface area contributed by atoms with Crippen molar-refractivity contribution in [2.75, 3.05) is 5.32 Å². The van der Waals surface area contributed by atoms with E-state index < -0.39 is 0 Å². The lowest BCUT2D eigenvalue weighted by Crippen LogP contribution is -2.04. The minimum atomic E-state index is -0.155. The first-order valence-electron chi connectivity index (χ1n) is 3.01. The van der Waals surface area contributed by atoms with Crippen LogP contribution in [-0.2, 0) is 4.79 Å². The van der Waals surface area contributed by atoms with Crippen LogP contribution in [0.2, 0.25) is 0 Å². The van der Waals surface area contributed by atoms with Gasteiger partial charge in [0.25, 0.3) is 0 Å². The van der Waals surface area contributed by atoms with Crippen LogP contribution in [0, 0.1) is 10.7 Å². The van der Waals surface area contributed by atoms with Gasteiger partial charge in [-0.05, 0) is 0 Å². The lowest BCUT2D eigenvalue weighted by Gasteiger charge is -1.91. The molecule has 0 atom stereocenters. The van der Waals surface area contributed by atoms with Crippen LogP contribution < -0.4 is 5.32 Å². The predicted octanol–water partition coefficient (Wildman–Crippen LogP) is 1.67. The SMILES string of the molecule is CC(=O)Nc1nc(SC#N)cs1. The fourth-order valence-corrected chi connectivity index (χ4v) is 1.80. The first-order chi connectivity index (χ1) is 5.72. The van der Waals surface area contributed by atoms with Crippen molar-refractivity contribution in [1.82, 2.24) is 4.98 Å². The molecular weight excluding hydrogens is 194 g/mol. The quantitative estimate of drug-likeness (QED) is 0.581. The van der Waals surface area contributed by atoms with Gasteiger partial charge in [-0.15, -0.1) is 11.3 Å². The molecule has 1 aromatic rings. The Kier molecular flexibility index (Phi) is 3.08. The second-order valence-electron chi connectivity index (χ2n) is 1.87. The van der Waals surface area contributed by atoms with E-state index in [0.717, 1.165) is 11.8 Å². The molecule has 12 heavy (non-hydrogen) atoms. The van der Waals surface area contributed by atoms with Gasteiger partial charge in [0, 0.05) is 24.1 Å². The molecule has 0 aromatic carbocycles. The lowest BCUT2D eigenvalue weighted by atomic mass is 10.7. The van der Waals surface area contributed by atoms with E-state index in [1.54, 1.807) is 5.38 Å². The molecule has 1 rings (SSSR count). The number of amides is 1. The summed E-state index contributed by atoms with van der Waals surface area (Å²) in [5.74, 6) is -0.155. The number of thiazole rings is 1. The third-order valence-electron chi connectivity index (χ3n) is 0.916. The molecule has 4 nitrogen and oxygen atoms in total. The topological polar surface area (TPSA) is 65.8 Å². The van der Waals surface area contributed by atoms with Crippen LogP contribution in [0.4, 0.5) is 5.13 Å². The Labute approximate surface area is 77.6 Å². The molecule has 0 fully saturated rings. The molecule has 6 heteroatoms. The molecule has 0 unspecified atom stereocenters. The number of rotatable bonds is 2. The maximum Gasteiger partial charge on any atom is 0.223 e. The number of nitrogens with one attached hydrogen (secondary N) is 1. The van der Waals surface area contributed by atoms with Crippen LogP contribution in [0.5, 0.6) is 0 Å². The smallest absolute Gasteiger partial charge is 0.223 e. The first-order valence-corrected chi connectivity index (χ1v) is 4.71. The first kappa shape index (κ1) is 9.03. The van der Waals surface area contributed by atoms with Crippen LogP contribution >= 0.6 is 23.1 Å². The summed E-state index contributed by atoms with van der Waals surface area (Å²) in [6, 6.07) is 0. The van der Waals surface area contributed by atoms with E-state index in [1.807, 2.05) is 5.40 Å². The number of nitriles is 1. The Morgan fingerprint density at radius 2 is 2.67 bits per heavy atom. The van der Waals surface area contributed by atoms with Gasteiger partial charge < -0.3 is 5.32 Å². The zero-order valence-electron chi connectivity index (χ0n) is 6.20. The Morgan fingerprint density at radius 3 is 3.25 bits per heavy atom. The average molecular weight is 199 g/mol. The van der Waals surface area contributed by atoms with Gasteiger partial charge in [0.15, 0.2) is 5.13 Å². The summed E-state index contributed by atoms with van der Waals surface area (Å²) >= 11 is 2.28. The number of nitrogens with zero attached hydrogens (tertiary/aromatic N) is 2. The molecule has 0 saturated heterocycles. The third kappa shape index (κ3) is 2.53. The molecule has 1 amide bonds. The summed E-state index contributed by atoms with van der Waals surface area (Å²) in [4.78, 5) is 14.5. The number of carbonyl (C=O) groups is 1. The largest absolute Gasteiger partial charge is 0.302 e. The van der Waals surface area contributed by atoms with Crippen molar-refractivity contribution in [2.45, 2.75) is 11.9 Å². The number of thioether (sulfide) groups is 1. The minimum Gasteiger partial charge on any atom is -0.302 e. The number of carbonyl (C=O) groups excluding carboxylic acids is 1. The van der Waals surface area contributed by atoms with E-state index >= 15 is 0 Å². The van der Waals surface area contributed by atoms with Gasteiger partial charge in [0.2, 0.25) is 5.91 Å². The van der Waals surface area contributed by atoms with Crippen LogP contribution in [0.15, 0.2) is 10.4 Å². The summed E-state index contributed by atoms with van der Waals surface area (Å²) in [5.41, 5.74) is 0. The highest BCUT2D eigenvalue weighted by molar-refractivity contribution is 8.03. The Balaban J connectivity index is 2.65. The lowest BCUT2D eigenvalue weighted by molar-refractivity contribution is -0.114. The minimum absolute atomic E-state index is 0.155. The Morgan fingerprint density at radius 1 is 1.92 bits per heavy atom. The summed E-state index contributed by atoms with van der Waals surface area (Å²) in [5, 5.41) is 15.6. The summed E-state index contributed by atoms with van der Waals surface area (Å²) in [6.45, 7) is 1.42. The van der Waals surface area contributed by atoms with E-state index in [0.29, 0.717) is 10.2 Å². The highest BCUT2D eigenvalue weighted by Crippen LogP contribution is 2.22. The van der Waals surface area contributed by atoms with E-state index in [2.05, 4.69) is 10.3 Å². The highest BCUT2D eigenvalue weighted by Gasteiger charge is 2.02. The number of aromatic nitrogens is 1. The van der Waals surface area contributed by atoms with Crippen molar-refractivity contribution in [1.29, 1.82) is 5.26 Å². The molecule has 1 N–H and O–H groups in total. The Hall–Kier alpha value is -1.06. The normalized spacial score (nSPS) is 9.00. The van der Waals surface area contributed by atoms with Crippen molar-refractivity contribution < 1.29 is 4.79 Å². The second-order valence-corrected chi connectivity index (χ2v) is 3.53. The molecule has 62 valence electrons. The summed E-state index contributed by atoms with van der Waals surface area (Å²) in [7, 11) is 0. The molecule has 0 aliphatic rings. The number of hydrogen-bond acceptors (Lipinski definition) is 5. The molecular formula is C6H5N3OS2. The molecule has 0 bridgehead atoms. The fraction of sp³-hybridized carbons (Fsp3) is 0.167. The van der Waals surface area contributed by atoms with E-state index in [9.17, 15) is 4.79 Å². The summed E-state index contributed by atoms with van der Waals surface area (Å²) in [6.07, 6.45) is 0. The van der Waals surface area contributed by atoms with Crippen LogP contribution in [0.3, 0.4) is 0 Å². The fourth-order valence-electron chi connectivity index (χ4n) is 0.561. The zero-order valence-corrected chi connectivity index (χ0v) is 7.83.